The van der Waals surface area contributed by atoms with Gasteiger partial charge in [0.15, 0.2) is 0 Å². The van der Waals surface area contributed by atoms with E-state index in [0.717, 1.165) is 17.2 Å². The largest absolute Gasteiger partial charge is 0.0883 e. The Hall–Kier alpha value is 0.220. The number of allylic oxidation sites excluding steroid dienone is 2. The van der Waals surface area contributed by atoms with Crippen LogP contribution >= 0.6 is 15.9 Å². The molecule has 0 unspecified atom stereocenters. The maximum atomic E-state index is 3.40. The molecular formula is C10H17Br. The molecule has 0 bridgehead atoms. The van der Waals surface area contributed by atoms with Gasteiger partial charge in [0.05, 0.1) is 0 Å². The van der Waals surface area contributed by atoms with E-state index in [2.05, 4.69) is 35.0 Å². The standard InChI is InChI=1S/C10H17Br/c1-9-4-6-10(7-5-9)3-2-8-11/h2-3,9-10H,4-8H2,1H3/b3-2+. The van der Waals surface area contributed by atoms with Crippen LogP contribution in [0.15, 0.2) is 12.2 Å². The van der Waals surface area contributed by atoms with Gasteiger partial charge in [0, 0.05) is 5.33 Å². The Morgan fingerprint density at radius 3 is 2.45 bits per heavy atom. The molecule has 0 aromatic carbocycles. The minimum absolute atomic E-state index is 0.878. The van der Waals surface area contributed by atoms with Crippen molar-refractivity contribution in [2.75, 3.05) is 5.33 Å². The van der Waals surface area contributed by atoms with Crippen molar-refractivity contribution in [3.8, 4) is 0 Å². The molecule has 0 aromatic rings. The molecule has 0 aromatic heterocycles. The van der Waals surface area contributed by atoms with Crippen LogP contribution in [-0.2, 0) is 0 Å². The van der Waals surface area contributed by atoms with Crippen molar-refractivity contribution in [1.29, 1.82) is 0 Å². The number of alkyl halides is 1. The van der Waals surface area contributed by atoms with E-state index in [-0.39, 0.29) is 0 Å². The molecule has 0 atom stereocenters. The third-order valence-corrected chi connectivity index (χ3v) is 2.93. The van der Waals surface area contributed by atoms with E-state index in [1.54, 1.807) is 0 Å². The Bertz CT molecular complexity index is 121. The van der Waals surface area contributed by atoms with E-state index in [1.807, 2.05) is 0 Å². The summed E-state index contributed by atoms with van der Waals surface area (Å²) >= 11 is 3.40. The minimum atomic E-state index is 0.878. The summed E-state index contributed by atoms with van der Waals surface area (Å²) in [5.74, 6) is 1.85. The van der Waals surface area contributed by atoms with Gasteiger partial charge >= 0.3 is 0 Å². The third-order valence-electron chi connectivity index (χ3n) is 2.56. The maximum Gasteiger partial charge on any atom is 0.0212 e. The highest BCUT2D eigenvalue weighted by Gasteiger charge is 2.15. The summed E-state index contributed by atoms with van der Waals surface area (Å²) in [5.41, 5.74) is 0. The molecule has 0 saturated heterocycles. The van der Waals surface area contributed by atoms with Crippen LogP contribution in [0.25, 0.3) is 0 Å². The van der Waals surface area contributed by atoms with Crippen LogP contribution in [0, 0.1) is 11.8 Å². The van der Waals surface area contributed by atoms with Gasteiger partial charge in [0.1, 0.15) is 0 Å². The average molecular weight is 217 g/mol. The van der Waals surface area contributed by atoms with Gasteiger partial charge in [-0.3, -0.25) is 0 Å². The second-order valence-electron chi connectivity index (χ2n) is 3.60. The van der Waals surface area contributed by atoms with Gasteiger partial charge in [-0.2, -0.15) is 0 Å². The fourth-order valence-corrected chi connectivity index (χ4v) is 1.94. The van der Waals surface area contributed by atoms with Crippen LogP contribution in [0.5, 0.6) is 0 Å². The molecule has 1 aliphatic carbocycles. The normalized spacial score (nSPS) is 32.9. The quantitative estimate of drug-likeness (QED) is 0.488. The Labute approximate surface area is 78.2 Å². The molecule has 1 saturated carbocycles. The van der Waals surface area contributed by atoms with E-state index < -0.39 is 0 Å². The monoisotopic (exact) mass is 216 g/mol. The number of hydrogen-bond acceptors (Lipinski definition) is 0. The van der Waals surface area contributed by atoms with Gasteiger partial charge < -0.3 is 0 Å². The van der Waals surface area contributed by atoms with E-state index in [0.29, 0.717) is 0 Å². The van der Waals surface area contributed by atoms with Crippen molar-refractivity contribution in [2.45, 2.75) is 32.6 Å². The van der Waals surface area contributed by atoms with Crippen molar-refractivity contribution in [3.63, 3.8) is 0 Å². The maximum absolute atomic E-state index is 3.40. The lowest BCUT2D eigenvalue weighted by Gasteiger charge is -2.23. The van der Waals surface area contributed by atoms with Crippen molar-refractivity contribution < 1.29 is 0 Å². The lowest BCUT2D eigenvalue weighted by molar-refractivity contribution is 0.330. The molecule has 0 heterocycles. The highest BCUT2D eigenvalue weighted by molar-refractivity contribution is 9.09. The van der Waals surface area contributed by atoms with Gasteiger partial charge in [-0.1, -0.05) is 47.8 Å². The summed E-state index contributed by atoms with van der Waals surface area (Å²) in [5, 5.41) is 1.01. The first kappa shape index (κ1) is 9.31. The molecule has 1 fully saturated rings. The Morgan fingerprint density at radius 2 is 1.91 bits per heavy atom. The van der Waals surface area contributed by atoms with Gasteiger partial charge in [-0.25, -0.2) is 0 Å². The van der Waals surface area contributed by atoms with E-state index in [4.69, 9.17) is 0 Å². The van der Waals surface area contributed by atoms with E-state index >= 15 is 0 Å². The first-order valence-electron chi connectivity index (χ1n) is 4.55. The van der Waals surface area contributed by atoms with Gasteiger partial charge in [-0.15, -0.1) is 0 Å². The Kier molecular flexibility index (Phi) is 4.21. The van der Waals surface area contributed by atoms with Crippen molar-refractivity contribution >= 4 is 15.9 Å². The van der Waals surface area contributed by atoms with Crippen LogP contribution in [0.2, 0.25) is 0 Å². The summed E-state index contributed by atoms with van der Waals surface area (Å²) in [6.45, 7) is 2.37. The molecule has 1 rings (SSSR count). The Morgan fingerprint density at radius 1 is 1.27 bits per heavy atom. The molecule has 0 amide bonds. The zero-order chi connectivity index (χ0) is 8.10. The first-order valence-corrected chi connectivity index (χ1v) is 5.67. The lowest BCUT2D eigenvalue weighted by Crippen LogP contribution is -2.09. The molecule has 0 spiro atoms. The Balaban J connectivity index is 2.22. The van der Waals surface area contributed by atoms with Gasteiger partial charge in [0.25, 0.3) is 0 Å². The van der Waals surface area contributed by atoms with Gasteiger partial charge in [0.2, 0.25) is 0 Å². The van der Waals surface area contributed by atoms with Crippen molar-refractivity contribution in [2.24, 2.45) is 11.8 Å². The molecule has 0 nitrogen and oxygen atoms in total. The smallest absolute Gasteiger partial charge is 0.0212 e. The first-order chi connectivity index (χ1) is 5.33. The fraction of sp³-hybridized carbons (Fsp3) is 0.800. The number of halogens is 1. The van der Waals surface area contributed by atoms with E-state index in [1.165, 1.54) is 25.7 Å². The zero-order valence-corrected chi connectivity index (χ0v) is 8.81. The predicted molar refractivity (Wildman–Crippen MR) is 54.1 cm³/mol. The highest BCUT2D eigenvalue weighted by Crippen LogP contribution is 2.28. The third kappa shape index (κ3) is 3.42. The van der Waals surface area contributed by atoms with Gasteiger partial charge in [-0.05, 0) is 24.7 Å². The number of rotatable bonds is 2. The molecule has 64 valence electrons. The summed E-state index contributed by atoms with van der Waals surface area (Å²) < 4.78 is 0. The molecule has 0 radical (unpaired) electrons. The molecule has 1 heteroatoms. The predicted octanol–water partition coefficient (Wildman–Crippen LogP) is 3.76. The van der Waals surface area contributed by atoms with Crippen LogP contribution in [0.1, 0.15) is 32.6 Å². The lowest BCUT2D eigenvalue weighted by atomic mass is 9.83. The molecule has 0 N–H and O–H groups in total. The topological polar surface area (TPSA) is 0 Å². The van der Waals surface area contributed by atoms with Crippen molar-refractivity contribution in [1.82, 2.24) is 0 Å². The summed E-state index contributed by atoms with van der Waals surface area (Å²) in [6.07, 6.45) is 10.3. The summed E-state index contributed by atoms with van der Waals surface area (Å²) in [6, 6.07) is 0. The van der Waals surface area contributed by atoms with Crippen molar-refractivity contribution in [3.05, 3.63) is 12.2 Å². The minimum Gasteiger partial charge on any atom is -0.0883 e. The second-order valence-corrected chi connectivity index (χ2v) is 4.25. The van der Waals surface area contributed by atoms with E-state index in [9.17, 15) is 0 Å². The SMILES string of the molecule is CC1CCC(/C=C/CBr)CC1. The fourth-order valence-electron chi connectivity index (χ4n) is 1.72. The van der Waals surface area contributed by atoms with Crippen LogP contribution in [-0.4, -0.2) is 5.33 Å². The van der Waals surface area contributed by atoms with Crippen LogP contribution < -0.4 is 0 Å². The number of hydrogen-bond donors (Lipinski definition) is 0. The van der Waals surface area contributed by atoms with Crippen LogP contribution in [0.3, 0.4) is 0 Å². The summed E-state index contributed by atoms with van der Waals surface area (Å²) in [7, 11) is 0. The molecular weight excluding hydrogens is 200 g/mol. The molecule has 0 aliphatic heterocycles. The highest BCUT2D eigenvalue weighted by atomic mass is 79.9. The molecule has 1 aliphatic rings. The van der Waals surface area contributed by atoms with Crippen LogP contribution in [0.4, 0.5) is 0 Å². The average Bonchev–Trinajstić information content (AvgIpc) is 2.04. The second kappa shape index (κ2) is 4.97. The summed E-state index contributed by atoms with van der Waals surface area (Å²) in [4.78, 5) is 0. The molecule has 11 heavy (non-hydrogen) atoms. The zero-order valence-electron chi connectivity index (χ0n) is 7.22.